The van der Waals surface area contributed by atoms with Crippen LogP contribution in [-0.4, -0.2) is 26.3 Å². The topological polar surface area (TPSA) is 47.3 Å². The predicted octanol–water partition coefficient (Wildman–Crippen LogP) is 2.66. The number of hydrogen-bond acceptors (Lipinski definition) is 3. The van der Waals surface area contributed by atoms with Gasteiger partial charge in [0.15, 0.2) is 0 Å². The Morgan fingerprint density at radius 1 is 1.58 bits per heavy atom. The van der Waals surface area contributed by atoms with E-state index in [1.165, 1.54) is 12.1 Å². The molecule has 0 spiro atoms. The van der Waals surface area contributed by atoms with Crippen molar-refractivity contribution in [1.82, 2.24) is 5.32 Å². The zero-order chi connectivity index (χ0) is 14.3. The molecule has 3 N–H and O–H groups in total. The molecule has 0 saturated heterocycles. The van der Waals surface area contributed by atoms with Crippen molar-refractivity contribution in [3.8, 4) is 0 Å². The molecule has 1 aromatic rings. The highest BCUT2D eigenvalue weighted by atomic mass is 35.5. The summed E-state index contributed by atoms with van der Waals surface area (Å²) >= 11 is 5.65. The molecule has 19 heavy (non-hydrogen) atoms. The van der Waals surface area contributed by atoms with Crippen molar-refractivity contribution < 1.29 is 9.13 Å². The third-order valence-corrected chi connectivity index (χ3v) is 2.87. The van der Waals surface area contributed by atoms with Gasteiger partial charge in [0.1, 0.15) is 5.82 Å². The molecule has 0 aliphatic carbocycles. The highest BCUT2D eigenvalue weighted by Crippen LogP contribution is 2.19. The number of ether oxygens (including phenoxy) is 1. The molecule has 0 aliphatic rings. The molecule has 0 saturated carbocycles. The SMILES string of the molecule is C=C(C)COCCNC(CN)c1ccc(Cl)c(F)c1. The van der Waals surface area contributed by atoms with E-state index in [9.17, 15) is 4.39 Å². The van der Waals surface area contributed by atoms with Crippen LogP contribution in [0, 0.1) is 5.82 Å². The van der Waals surface area contributed by atoms with Gasteiger partial charge in [-0.1, -0.05) is 29.8 Å². The molecule has 106 valence electrons. The lowest BCUT2D eigenvalue weighted by molar-refractivity contribution is 0.155. The van der Waals surface area contributed by atoms with Crippen molar-refractivity contribution in [1.29, 1.82) is 0 Å². The van der Waals surface area contributed by atoms with Crippen LogP contribution in [0.5, 0.6) is 0 Å². The highest BCUT2D eigenvalue weighted by Gasteiger charge is 2.10. The molecule has 0 aliphatic heterocycles. The van der Waals surface area contributed by atoms with E-state index < -0.39 is 5.82 Å². The lowest BCUT2D eigenvalue weighted by Gasteiger charge is -2.17. The van der Waals surface area contributed by atoms with Crippen molar-refractivity contribution in [3.63, 3.8) is 0 Å². The van der Waals surface area contributed by atoms with Crippen molar-refractivity contribution in [2.75, 3.05) is 26.3 Å². The van der Waals surface area contributed by atoms with Crippen molar-refractivity contribution in [3.05, 3.63) is 46.8 Å². The summed E-state index contributed by atoms with van der Waals surface area (Å²) in [5, 5.41) is 3.33. The van der Waals surface area contributed by atoms with Crippen LogP contribution < -0.4 is 11.1 Å². The molecule has 3 nitrogen and oxygen atoms in total. The Balaban J connectivity index is 2.44. The lowest BCUT2D eigenvalue weighted by atomic mass is 10.1. The second kappa shape index (κ2) is 8.27. The number of halogens is 2. The Hall–Kier alpha value is -0.940. The van der Waals surface area contributed by atoms with Crippen LogP contribution in [0.1, 0.15) is 18.5 Å². The Morgan fingerprint density at radius 2 is 2.32 bits per heavy atom. The first-order valence-electron chi connectivity index (χ1n) is 6.15. The summed E-state index contributed by atoms with van der Waals surface area (Å²) in [7, 11) is 0. The minimum Gasteiger partial charge on any atom is -0.376 e. The standard InChI is InChI=1S/C14H20ClFN2O/c1-10(2)9-19-6-5-18-14(8-17)11-3-4-12(15)13(16)7-11/h3-4,7,14,18H,1,5-6,8-9,17H2,2H3. The minimum atomic E-state index is -0.432. The number of hydrogen-bond donors (Lipinski definition) is 2. The largest absolute Gasteiger partial charge is 0.376 e. The average Bonchev–Trinajstić information content (AvgIpc) is 2.37. The number of nitrogens with two attached hydrogens (primary N) is 1. The maximum Gasteiger partial charge on any atom is 0.142 e. The molecule has 1 atom stereocenters. The molecule has 5 heteroatoms. The fraction of sp³-hybridized carbons (Fsp3) is 0.429. The van der Waals surface area contributed by atoms with E-state index >= 15 is 0 Å². The fourth-order valence-electron chi connectivity index (χ4n) is 1.62. The Bertz CT molecular complexity index is 426. The fourth-order valence-corrected chi connectivity index (χ4v) is 1.74. The van der Waals surface area contributed by atoms with E-state index in [0.29, 0.717) is 26.3 Å². The normalized spacial score (nSPS) is 12.4. The lowest BCUT2D eigenvalue weighted by Crippen LogP contribution is -2.31. The van der Waals surface area contributed by atoms with E-state index in [-0.39, 0.29) is 11.1 Å². The maximum absolute atomic E-state index is 13.4. The van der Waals surface area contributed by atoms with Crippen LogP contribution in [-0.2, 0) is 4.74 Å². The summed E-state index contributed by atoms with van der Waals surface area (Å²) in [6.45, 7) is 7.78. The highest BCUT2D eigenvalue weighted by molar-refractivity contribution is 6.30. The van der Waals surface area contributed by atoms with Crippen LogP contribution in [0.25, 0.3) is 0 Å². The summed E-state index contributed by atoms with van der Waals surface area (Å²) in [5.74, 6) is -0.432. The van der Waals surface area contributed by atoms with Crippen LogP contribution in [0.3, 0.4) is 0 Å². The smallest absolute Gasteiger partial charge is 0.142 e. The van der Waals surface area contributed by atoms with Crippen molar-refractivity contribution in [2.45, 2.75) is 13.0 Å². The summed E-state index contributed by atoms with van der Waals surface area (Å²) in [6, 6.07) is 4.60. The van der Waals surface area contributed by atoms with E-state index in [2.05, 4.69) is 11.9 Å². The van der Waals surface area contributed by atoms with Crippen LogP contribution in [0.15, 0.2) is 30.4 Å². The van der Waals surface area contributed by atoms with Gasteiger partial charge in [-0.05, 0) is 24.6 Å². The molecule has 0 bridgehead atoms. The average molecular weight is 287 g/mol. The number of benzene rings is 1. The molecule has 0 fully saturated rings. The zero-order valence-electron chi connectivity index (χ0n) is 11.1. The minimum absolute atomic E-state index is 0.111. The first kappa shape index (κ1) is 16.1. The van der Waals surface area contributed by atoms with E-state index in [1.807, 2.05) is 6.92 Å². The summed E-state index contributed by atoms with van der Waals surface area (Å²) < 4.78 is 18.7. The summed E-state index contributed by atoms with van der Waals surface area (Å²) in [5.41, 5.74) is 7.45. The summed E-state index contributed by atoms with van der Waals surface area (Å²) in [4.78, 5) is 0. The quantitative estimate of drug-likeness (QED) is 0.570. The van der Waals surface area contributed by atoms with Gasteiger partial charge in [0.2, 0.25) is 0 Å². The predicted molar refractivity (Wildman–Crippen MR) is 76.8 cm³/mol. The third-order valence-electron chi connectivity index (χ3n) is 2.57. The van der Waals surface area contributed by atoms with Gasteiger partial charge in [-0.3, -0.25) is 0 Å². The zero-order valence-corrected chi connectivity index (χ0v) is 11.8. The van der Waals surface area contributed by atoms with Gasteiger partial charge < -0.3 is 15.8 Å². The van der Waals surface area contributed by atoms with Gasteiger partial charge >= 0.3 is 0 Å². The van der Waals surface area contributed by atoms with Gasteiger partial charge in [0.25, 0.3) is 0 Å². The van der Waals surface area contributed by atoms with E-state index in [4.69, 9.17) is 22.1 Å². The second-order valence-electron chi connectivity index (χ2n) is 4.43. The molecule has 0 radical (unpaired) electrons. The monoisotopic (exact) mass is 286 g/mol. The van der Waals surface area contributed by atoms with Crippen LogP contribution in [0.2, 0.25) is 5.02 Å². The maximum atomic E-state index is 13.4. The molecule has 0 aromatic heterocycles. The molecule has 1 aromatic carbocycles. The molecule has 1 unspecified atom stereocenters. The summed E-state index contributed by atoms with van der Waals surface area (Å²) in [6.07, 6.45) is 0. The van der Waals surface area contributed by atoms with Gasteiger partial charge in [0, 0.05) is 19.1 Å². The Labute approximate surface area is 118 Å². The van der Waals surface area contributed by atoms with Crippen molar-refractivity contribution in [2.24, 2.45) is 5.73 Å². The van der Waals surface area contributed by atoms with Gasteiger partial charge in [0.05, 0.1) is 18.2 Å². The third kappa shape index (κ3) is 5.70. The van der Waals surface area contributed by atoms with Gasteiger partial charge in [-0.25, -0.2) is 4.39 Å². The first-order chi connectivity index (χ1) is 9.04. The van der Waals surface area contributed by atoms with Crippen molar-refractivity contribution >= 4 is 11.6 Å². The second-order valence-corrected chi connectivity index (χ2v) is 4.83. The molecule has 0 heterocycles. The van der Waals surface area contributed by atoms with Crippen LogP contribution >= 0.6 is 11.6 Å². The molecule has 0 amide bonds. The molecular formula is C14H20ClFN2O. The Kier molecular flexibility index (Phi) is 7.02. The van der Waals surface area contributed by atoms with E-state index in [1.54, 1.807) is 6.07 Å². The van der Waals surface area contributed by atoms with E-state index in [0.717, 1.165) is 11.1 Å². The molecular weight excluding hydrogens is 267 g/mol. The first-order valence-corrected chi connectivity index (χ1v) is 6.53. The van der Waals surface area contributed by atoms with Gasteiger partial charge in [-0.15, -0.1) is 0 Å². The Morgan fingerprint density at radius 3 is 2.89 bits per heavy atom. The number of rotatable bonds is 8. The van der Waals surface area contributed by atoms with Gasteiger partial charge in [-0.2, -0.15) is 0 Å². The molecule has 1 rings (SSSR count). The van der Waals surface area contributed by atoms with Crippen LogP contribution in [0.4, 0.5) is 4.39 Å². The number of nitrogens with one attached hydrogen (secondary N) is 1.